The van der Waals surface area contributed by atoms with Crippen LogP contribution in [0, 0.1) is 19.8 Å². The Morgan fingerprint density at radius 3 is 3.04 bits per heavy atom. The Hall–Kier alpha value is -2.11. The zero-order valence-corrected chi connectivity index (χ0v) is 14.5. The highest BCUT2D eigenvalue weighted by molar-refractivity contribution is 5.76. The third kappa shape index (κ3) is 2.74. The molecular weight excluding hydrogens is 302 g/mol. The molecular formula is C18H25N5O. The topological polar surface area (TPSA) is 66.8 Å². The normalized spacial score (nSPS) is 22.5. The molecule has 3 heterocycles. The van der Waals surface area contributed by atoms with Crippen LogP contribution in [0.4, 0.5) is 0 Å². The van der Waals surface area contributed by atoms with Crippen LogP contribution in [0.2, 0.25) is 0 Å². The number of hydrogen-bond acceptors (Lipinski definition) is 3. The van der Waals surface area contributed by atoms with Crippen molar-refractivity contribution in [3.8, 4) is 0 Å². The van der Waals surface area contributed by atoms with Gasteiger partial charge in [-0.15, -0.1) is 0 Å². The van der Waals surface area contributed by atoms with Crippen molar-refractivity contribution in [1.29, 1.82) is 0 Å². The Morgan fingerprint density at radius 1 is 1.38 bits per heavy atom. The van der Waals surface area contributed by atoms with Gasteiger partial charge in [-0.2, -0.15) is 10.2 Å². The van der Waals surface area contributed by atoms with Crippen molar-refractivity contribution in [2.45, 2.75) is 52.0 Å². The number of rotatable bonds is 4. The van der Waals surface area contributed by atoms with Crippen LogP contribution in [0.5, 0.6) is 0 Å². The lowest BCUT2D eigenvalue weighted by molar-refractivity contribution is -0.130. The Balaban J connectivity index is 1.32. The quantitative estimate of drug-likeness (QED) is 0.936. The minimum atomic E-state index is 0.284. The Bertz CT molecular complexity index is 746. The molecule has 0 unspecified atom stereocenters. The van der Waals surface area contributed by atoms with Gasteiger partial charge in [-0.05, 0) is 50.7 Å². The number of aromatic nitrogens is 4. The van der Waals surface area contributed by atoms with E-state index < -0.39 is 0 Å². The van der Waals surface area contributed by atoms with Crippen LogP contribution in [0.15, 0.2) is 12.3 Å². The van der Waals surface area contributed by atoms with Crippen LogP contribution >= 0.6 is 0 Å². The molecule has 1 saturated heterocycles. The van der Waals surface area contributed by atoms with Crippen LogP contribution in [0.25, 0.3) is 0 Å². The molecule has 0 radical (unpaired) electrons. The van der Waals surface area contributed by atoms with E-state index in [-0.39, 0.29) is 5.91 Å². The number of fused-ring (bicyclic) bond motifs is 3. The molecule has 0 aromatic carbocycles. The number of H-pyrrole nitrogens is 1. The highest BCUT2D eigenvalue weighted by Gasteiger charge is 2.39. The van der Waals surface area contributed by atoms with Crippen molar-refractivity contribution in [1.82, 2.24) is 24.9 Å². The first kappa shape index (κ1) is 15.4. The highest BCUT2D eigenvalue weighted by Crippen LogP contribution is 2.40. The number of carbonyl (C=O) groups excluding carboxylic acids is 1. The molecule has 2 atom stereocenters. The van der Waals surface area contributed by atoms with Crippen LogP contribution in [0.3, 0.4) is 0 Å². The van der Waals surface area contributed by atoms with Crippen LogP contribution in [-0.2, 0) is 17.8 Å². The second-order valence-electron chi connectivity index (χ2n) is 7.27. The average molecular weight is 327 g/mol. The second-order valence-corrected chi connectivity index (χ2v) is 7.27. The van der Waals surface area contributed by atoms with Crippen molar-refractivity contribution >= 4 is 5.91 Å². The molecule has 4 rings (SSSR count). The fraction of sp³-hybridized carbons (Fsp3) is 0.611. The summed E-state index contributed by atoms with van der Waals surface area (Å²) in [4.78, 5) is 14.7. The summed E-state index contributed by atoms with van der Waals surface area (Å²) >= 11 is 0. The van der Waals surface area contributed by atoms with Crippen molar-refractivity contribution in [2.75, 3.05) is 13.1 Å². The molecule has 6 nitrogen and oxygen atoms in total. The number of likely N-dealkylation sites (tertiary alicyclic amines) is 1. The first-order valence-electron chi connectivity index (χ1n) is 8.93. The van der Waals surface area contributed by atoms with Gasteiger partial charge in [0, 0.05) is 43.4 Å². The van der Waals surface area contributed by atoms with Crippen LogP contribution < -0.4 is 0 Å². The zero-order valence-electron chi connectivity index (χ0n) is 14.5. The van der Waals surface area contributed by atoms with Gasteiger partial charge >= 0.3 is 0 Å². The molecule has 1 fully saturated rings. The first-order chi connectivity index (χ1) is 11.6. The van der Waals surface area contributed by atoms with E-state index in [0.717, 1.165) is 38.2 Å². The lowest BCUT2D eigenvalue weighted by atomic mass is 9.81. The number of hydrogen-bond donors (Lipinski definition) is 1. The number of nitrogens with one attached hydrogen (secondary N) is 1. The molecule has 2 aromatic heterocycles. The maximum atomic E-state index is 12.6. The van der Waals surface area contributed by atoms with E-state index in [1.165, 1.54) is 23.4 Å². The van der Waals surface area contributed by atoms with Crippen molar-refractivity contribution in [3.05, 3.63) is 34.9 Å². The van der Waals surface area contributed by atoms with Gasteiger partial charge in [0.15, 0.2) is 0 Å². The van der Waals surface area contributed by atoms with Gasteiger partial charge in [0.25, 0.3) is 0 Å². The fourth-order valence-corrected chi connectivity index (χ4v) is 4.32. The van der Waals surface area contributed by atoms with E-state index in [2.05, 4.69) is 33.2 Å². The van der Waals surface area contributed by atoms with E-state index in [0.29, 0.717) is 18.3 Å². The Kier molecular flexibility index (Phi) is 3.90. The van der Waals surface area contributed by atoms with E-state index in [4.69, 9.17) is 0 Å². The molecule has 6 heteroatoms. The van der Waals surface area contributed by atoms with Gasteiger partial charge in [0.2, 0.25) is 5.91 Å². The SMILES string of the molecule is Cc1cc(C)n(CCCC(=O)N2C[C@H]3CCc4cn[nH]c4[C@H]3C2)n1. The van der Waals surface area contributed by atoms with Gasteiger partial charge < -0.3 is 4.90 Å². The van der Waals surface area contributed by atoms with Gasteiger partial charge in [-0.3, -0.25) is 14.6 Å². The zero-order chi connectivity index (χ0) is 16.7. The number of aromatic amines is 1. The molecule has 0 saturated carbocycles. The molecule has 24 heavy (non-hydrogen) atoms. The third-order valence-electron chi connectivity index (χ3n) is 5.56. The Morgan fingerprint density at radius 2 is 2.25 bits per heavy atom. The summed E-state index contributed by atoms with van der Waals surface area (Å²) in [6, 6.07) is 2.08. The van der Waals surface area contributed by atoms with E-state index in [1.807, 2.05) is 17.8 Å². The summed E-state index contributed by atoms with van der Waals surface area (Å²) < 4.78 is 2.00. The monoisotopic (exact) mass is 327 g/mol. The second kappa shape index (κ2) is 6.07. The molecule has 0 bridgehead atoms. The average Bonchev–Trinajstić information content (AvgIpc) is 3.24. The number of carbonyl (C=O) groups is 1. The minimum absolute atomic E-state index is 0.284. The third-order valence-corrected chi connectivity index (χ3v) is 5.56. The number of aryl methyl sites for hydroxylation is 4. The van der Waals surface area contributed by atoms with Crippen molar-refractivity contribution in [2.24, 2.45) is 5.92 Å². The first-order valence-corrected chi connectivity index (χ1v) is 8.93. The maximum absolute atomic E-state index is 12.6. The van der Waals surface area contributed by atoms with E-state index >= 15 is 0 Å². The number of nitrogens with zero attached hydrogens (tertiary/aromatic N) is 4. The summed E-state index contributed by atoms with van der Waals surface area (Å²) in [6.45, 7) is 6.64. The summed E-state index contributed by atoms with van der Waals surface area (Å²) in [5.74, 6) is 1.33. The molecule has 2 aromatic rings. The minimum Gasteiger partial charge on any atom is -0.342 e. The van der Waals surface area contributed by atoms with Gasteiger partial charge in [0.05, 0.1) is 11.9 Å². The molecule has 1 amide bonds. The lowest BCUT2D eigenvalue weighted by Crippen LogP contribution is -2.29. The molecule has 1 N–H and O–H groups in total. The standard InChI is InChI=1S/C18H25N5O/c1-12-8-13(2)23(21-12)7-3-4-17(24)22-10-15-6-5-14-9-19-20-18(14)16(15)11-22/h8-9,15-16H,3-7,10-11H2,1-2H3,(H,19,20)/t15-,16+/m1/s1. The van der Waals surface area contributed by atoms with Crippen LogP contribution in [-0.4, -0.2) is 43.9 Å². The van der Waals surface area contributed by atoms with Crippen LogP contribution in [0.1, 0.15) is 47.8 Å². The van der Waals surface area contributed by atoms with E-state index in [9.17, 15) is 4.79 Å². The number of amides is 1. The molecule has 1 aliphatic carbocycles. The summed E-state index contributed by atoms with van der Waals surface area (Å²) in [5, 5.41) is 11.8. The summed E-state index contributed by atoms with van der Waals surface area (Å²) in [5.41, 5.74) is 4.82. The summed E-state index contributed by atoms with van der Waals surface area (Å²) in [6.07, 6.45) is 5.67. The van der Waals surface area contributed by atoms with Gasteiger partial charge in [-0.25, -0.2) is 0 Å². The Labute approximate surface area is 142 Å². The predicted octanol–water partition coefficient (Wildman–Crippen LogP) is 2.19. The largest absolute Gasteiger partial charge is 0.342 e. The maximum Gasteiger partial charge on any atom is 0.222 e. The predicted molar refractivity (Wildman–Crippen MR) is 90.7 cm³/mol. The van der Waals surface area contributed by atoms with Crippen molar-refractivity contribution in [3.63, 3.8) is 0 Å². The van der Waals surface area contributed by atoms with Crippen molar-refractivity contribution < 1.29 is 4.79 Å². The van der Waals surface area contributed by atoms with Gasteiger partial charge in [-0.1, -0.05) is 0 Å². The van der Waals surface area contributed by atoms with Gasteiger partial charge in [0.1, 0.15) is 0 Å². The molecule has 128 valence electrons. The van der Waals surface area contributed by atoms with E-state index in [1.54, 1.807) is 0 Å². The summed E-state index contributed by atoms with van der Waals surface area (Å²) in [7, 11) is 0. The molecule has 2 aliphatic rings. The molecule has 0 spiro atoms. The smallest absolute Gasteiger partial charge is 0.222 e. The highest BCUT2D eigenvalue weighted by atomic mass is 16.2. The fourth-order valence-electron chi connectivity index (χ4n) is 4.32. The lowest BCUT2D eigenvalue weighted by Gasteiger charge is -2.22. The molecule has 1 aliphatic heterocycles.